The number of anilines is 1. The summed E-state index contributed by atoms with van der Waals surface area (Å²) < 4.78 is 0. The average molecular weight is 297 g/mol. The van der Waals surface area contributed by atoms with E-state index < -0.39 is 6.04 Å². The predicted molar refractivity (Wildman–Crippen MR) is 85.4 cm³/mol. The largest absolute Gasteiger partial charge is 0.340 e. The van der Waals surface area contributed by atoms with E-state index >= 15 is 0 Å². The lowest BCUT2D eigenvalue weighted by Crippen LogP contribution is -2.47. The monoisotopic (exact) mass is 297 g/mol. The summed E-state index contributed by atoms with van der Waals surface area (Å²) in [6.45, 7) is 3.77. The molecule has 0 radical (unpaired) electrons. The van der Waals surface area contributed by atoms with Gasteiger partial charge in [0.15, 0.2) is 0 Å². The lowest BCUT2D eigenvalue weighted by molar-refractivity contribution is -0.118. The number of benzene rings is 1. The summed E-state index contributed by atoms with van der Waals surface area (Å²) >= 11 is 0. The Hall–Kier alpha value is -2.69. The molecule has 0 saturated carbocycles. The van der Waals surface area contributed by atoms with Crippen LogP contribution in [0.3, 0.4) is 0 Å². The molecule has 1 aromatic carbocycles. The Bertz CT molecular complexity index is 627. The van der Waals surface area contributed by atoms with Crippen molar-refractivity contribution >= 4 is 17.6 Å². The zero-order valence-electron chi connectivity index (χ0n) is 12.6. The molecule has 1 atom stereocenters. The minimum Gasteiger partial charge on any atom is -0.340 e. The molecule has 1 heterocycles. The van der Waals surface area contributed by atoms with Crippen LogP contribution >= 0.6 is 0 Å². The number of rotatable bonds is 5. The van der Waals surface area contributed by atoms with Crippen molar-refractivity contribution in [2.75, 3.05) is 5.32 Å². The third-order valence-corrected chi connectivity index (χ3v) is 3.19. The maximum Gasteiger partial charge on any atom is 0.251 e. The number of amides is 2. The average Bonchev–Trinajstić information content (AvgIpc) is 2.53. The van der Waals surface area contributed by atoms with E-state index in [4.69, 9.17) is 0 Å². The van der Waals surface area contributed by atoms with Crippen LogP contribution in [0.1, 0.15) is 24.2 Å². The fraction of sp³-hybridized carbons (Fsp3) is 0.235. The highest BCUT2D eigenvalue weighted by molar-refractivity contribution is 6.00. The van der Waals surface area contributed by atoms with Gasteiger partial charge in [-0.15, -0.1) is 0 Å². The molecule has 0 fully saturated rings. The van der Waals surface area contributed by atoms with Crippen LogP contribution in [-0.2, 0) is 4.79 Å². The molecule has 0 aliphatic heterocycles. The molecule has 2 rings (SSSR count). The topological polar surface area (TPSA) is 71.1 Å². The number of hydrogen-bond donors (Lipinski definition) is 2. The highest BCUT2D eigenvalue weighted by Gasteiger charge is 2.24. The van der Waals surface area contributed by atoms with Gasteiger partial charge in [0.25, 0.3) is 5.91 Å². The van der Waals surface area contributed by atoms with Gasteiger partial charge in [-0.2, -0.15) is 0 Å². The van der Waals surface area contributed by atoms with E-state index in [2.05, 4.69) is 15.6 Å². The highest BCUT2D eigenvalue weighted by Crippen LogP contribution is 2.08. The summed E-state index contributed by atoms with van der Waals surface area (Å²) in [4.78, 5) is 28.6. The minimum atomic E-state index is -0.630. The summed E-state index contributed by atoms with van der Waals surface area (Å²) in [5.74, 6) is -0.128. The van der Waals surface area contributed by atoms with Crippen LogP contribution < -0.4 is 10.6 Å². The predicted octanol–water partition coefficient (Wildman–Crippen LogP) is 2.47. The van der Waals surface area contributed by atoms with E-state index in [1.165, 1.54) is 0 Å². The van der Waals surface area contributed by atoms with Crippen LogP contribution in [-0.4, -0.2) is 22.8 Å². The van der Waals surface area contributed by atoms with E-state index in [1.807, 2.05) is 19.9 Å². The zero-order chi connectivity index (χ0) is 15.9. The number of carbonyl (C=O) groups is 2. The maximum atomic E-state index is 12.4. The van der Waals surface area contributed by atoms with Crippen LogP contribution in [0.15, 0.2) is 54.7 Å². The minimum absolute atomic E-state index is 0.0450. The second-order valence-electron chi connectivity index (χ2n) is 5.27. The van der Waals surface area contributed by atoms with Crippen molar-refractivity contribution in [2.45, 2.75) is 19.9 Å². The number of nitrogens with zero attached hydrogens (tertiary/aromatic N) is 1. The van der Waals surface area contributed by atoms with Crippen molar-refractivity contribution in [1.82, 2.24) is 10.3 Å². The van der Waals surface area contributed by atoms with Crippen LogP contribution in [0.5, 0.6) is 0 Å². The highest BCUT2D eigenvalue weighted by atomic mass is 16.2. The molecule has 0 aliphatic carbocycles. The first kappa shape index (κ1) is 15.7. The molecule has 5 heteroatoms. The van der Waals surface area contributed by atoms with Gasteiger partial charge in [0.1, 0.15) is 11.9 Å². The molecule has 0 saturated heterocycles. The van der Waals surface area contributed by atoms with Gasteiger partial charge < -0.3 is 10.6 Å². The smallest absolute Gasteiger partial charge is 0.251 e. The lowest BCUT2D eigenvalue weighted by atomic mass is 10.0. The van der Waals surface area contributed by atoms with Crippen molar-refractivity contribution in [3.05, 3.63) is 60.3 Å². The molecule has 0 aliphatic rings. The molecular weight excluding hydrogens is 278 g/mol. The number of hydrogen-bond acceptors (Lipinski definition) is 3. The number of pyridine rings is 1. The first-order valence-corrected chi connectivity index (χ1v) is 7.15. The van der Waals surface area contributed by atoms with Gasteiger partial charge in [0, 0.05) is 11.8 Å². The van der Waals surface area contributed by atoms with E-state index in [9.17, 15) is 9.59 Å². The normalized spacial score (nSPS) is 11.8. The zero-order valence-corrected chi connectivity index (χ0v) is 12.6. The molecule has 5 nitrogen and oxygen atoms in total. The fourth-order valence-corrected chi connectivity index (χ4v) is 1.99. The Kier molecular flexibility index (Phi) is 5.25. The summed E-state index contributed by atoms with van der Waals surface area (Å²) in [6, 6.07) is 13.5. The first-order valence-electron chi connectivity index (χ1n) is 7.15. The van der Waals surface area contributed by atoms with Crippen molar-refractivity contribution in [1.29, 1.82) is 0 Å². The van der Waals surface area contributed by atoms with Gasteiger partial charge in [-0.25, -0.2) is 4.98 Å². The second kappa shape index (κ2) is 7.36. The molecule has 2 N–H and O–H groups in total. The molecule has 0 bridgehead atoms. The Morgan fingerprint density at radius 3 is 2.27 bits per heavy atom. The standard InChI is InChI=1S/C17H19N3O2/c1-12(2)15(17(22)19-14-10-6-7-11-18-14)20-16(21)13-8-4-3-5-9-13/h3-12,15H,1-2H3,(H,20,21)(H,18,19,22)/t15-/m0/s1. The van der Waals surface area contributed by atoms with Gasteiger partial charge in [-0.3, -0.25) is 9.59 Å². The second-order valence-corrected chi connectivity index (χ2v) is 5.27. The number of nitrogens with one attached hydrogen (secondary N) is 2. The van der Waals surface area contributed by atoms with Crippen molar-refractivity contribution in [3.63, 3.8) is 0 Å². The van der Waals surface area contributed by atoms with E-state index in [-0.39, 0.29) is 17.7 Å². The molecule has 0 spiro atoms. The third kappa shape index (κ3) is 4.15. The molecule has 0 unspecified atom stereocenters. The van der Waals surface area contributed by atoms with Gasteiger partial charge in [0.05, 0.1) is 0 Å². The van der Waals surface area contributed by atoms with Gasteiger partial charge in [0.2, 0.25) is 5.91 Å². The van der Waals surface area contributed by atoms with E-state index in [0.717, 1.165) is 0 Å². The molecule has 114 valence electrons. The molecule has 2 aromatic rings. The first-order chi connectivity index (χ1) is 10.6. The van der Waals surface area contributed by atoms with Crippen molar-refractivity contribution < 1.29 is 9.59 Å². The summed E-state index contributed by atoms with van der Waals surface area (Å²) in [6.07, 6.45) is 1.60. The van der Waals surface area contributed by atoms with Crippen LogP contribution in [0.4, 0.5) is 5.82 Å². The van der Waals surface area contributed by atoms with Gasteiger partial charge in [-0.05, 0) is 30.2 Å². The Morgan fingerprint density at radius 1 is 1.00 bits per heavy atom. The van der Waals surface area contributed by atoms with E-state index in [0.29, 0.717) is 11.4 Å². The number of aromatic nitrogens is 1. The van der Waals surface area contributed by atoms with Crippen molar-refractivity contribution in [3.8, 4) is 0 Å². The van der Waals surface area contributed by atoms with Crippen LogP contribution in [0, 0.1) is 5.92 Å². The Balaban J connectivity index is 2.06. The Morgan fingerprint density at radius 2 is 1.68 bits per heavy atom. The quantitative estimate of drug-likeness (QED) is 0.890. The molecule has 22 heavy (non-hydrogen) atoms. The third-order valence-electron chi connectivity index (χ3n) is 3.19. The molecule has 1 aromatic heterocycles. The number of carbonyl (C=O) groups excluding carboxylic acids is 2. The van der Waals surface area contributed by atoms with Crippen LogP contribution in [0.25, 0.3) is 0 Å². The lowest BCUT2D eigenvalue weighted by Gasteiger charge is -2.21. The Labute approximate surface area is 129 Å². The van der Waals surface area contributed by atoms with Crippen LogP contribution in [0.2, 0.25) is 0 Å². The maximum absolute atomic E-state index is 12.4. The van der Waals surface area contributed by atoms with Gasteiger partial charge >= 0.3 is 0 Å². The summed E-state index contributed by atoms with van der Waals surface area (Å²) in [5.41, 5.74) is 0.527. The summed E-state index contributed by atoms with van der Waals surface area (Å²) in [5, 5.41) is 5.49. The van der Waals surface area contributed by atoms with Gasteiger partial charge in [-0.1, -0.05) is 38.1 Å². The fourth-order valence-electron chi connectivity index (χ4n) is 1.99. The SMILES string of the molecule is CC(C)[C@H](NC(=O)c1ccccc1)C(=O)Nc1ccccn1. The van der Waals surface area contributed by atoms with E-state index in [1.54, 1.807) is 48.7 Å². The molecular formula is C17H19N3O2. The molecule has 2 amide bonds. The summed E-state index contributed by atoms with van der Waals surface area (Å²) in [7, 11) is 0. The van der Waals surface area contributed by atoms with Crippen molar-refractivity contribution in [2.24, 2.45) is 5.92 Å².